The second kappa shape index (κ2) is 9.09. The number of allylic oxidation sites excluding steroid dienone is 1. The van der Waals surface area contributed by atoms with E-state index in [-0.39, 0.29) is 5.91 Å². The molecule has 1 N–H and O–H groups in total. The minimum Gasteiger partial charge on any atom is -0.322 e. The van der Waals surface area contributed by atoms with Gasteiger partial charge in [-0.3, -0.25) is 4.79 Å². The fourth-order valence-electron chi connectivity index (χ4n) is 4.15. The van der Waals surface area contributed by atoms with Gasteiger partial charge in [0.05, 0.1) is 0 Å². The third-order valence-corrected chi connectivity index (χ3v) is 6.08. The molecule has 0 bridgehead atoms. The number of hydrogen-bond acceptors (Lipinski definition) is 2. The van der Waals surface area contributed by atoms with Crippen molar-refractivity contribution in [2.75, 3.05) is 26.0 Å². The van der Waals surface area contributed by atoms with Crippen LogP contribution in [0.4, 0.5) is 5.69 Å². The van der Waals surface area contributed by atoms with Crippen molar-refractivity contribution in [3.8, 4) is 11.1 Å². The molecule has 0 saturated heterocycles. The summed E-state index contributed by atoms with van der Waals surface area (Å²) in [4.78, 5) is 15.0. The number of fused-ring (bicyclic) bond motifs is 1. The minimum absolute atomic E-state index is 0.0982. The van der Waals surface area contributed by atoms with Gasteiger partial charge in [0.1, 0.15) is 0 Å². The van der Waals surface area contributed by atoms with Crippen LogP contribution in [-0.2, 0) is 6.42 Å². The molecule has 4 rings (SSSR count). The fraction of sp³-hybridized carbons (Fsp3) is 0.222. The molecule has 1 aliphatic rings. The zero-order chi connectivity index (χ0) is 22.0. The van der Waals surface area contributed by atoms with Gasteiger partial charge in [0, 0.05) is 22.8 Å². The highest BCUT2D eigenvalue weighted by atomic mass is 35.5. The van der Waals surface area contributed by atoms with Gasteiger partial charge in [0.2, 0.25) is 0 Å². The number of aryl methyl sites for hydroxylation is 1. The number of amides is 1. The molecule has 0 heterocycles. The Morgan fingerprint density at radius 3 is 2.23 bits per heavy atom. The predicted molar refractivity (Wildman–Crippen MR) is 131 cm³/mol. The molecule has 0 spiro atoms. The maximum absolute atomic E-state index is 12.8. The van der Waals surface area contributed by atoms with E-state index >= 15 is 0 Å². The first-order valence-corrected chi connectivity index (χ1v) is 10.9. The number of nitrogens with one attached hydrogen (secondary N) is 1. The summed E-state index contributed by atoms with van der Waals surface area (Å²) < 4.78 is 0. The minimum atomic E-state index is -0.0982. The summed E-state index contributed by atoms with van der Waals surface area (Å²) in [6.07, 6.45) is 2.08. The van der Waals surface area contributed by atoms with Gasteiger partial charge < -0.3 is 10.2 Å². The van der Waals surface area contributed by atoms with E-state index in [0.29, 0.717) is 10.6 Å². The van der Waals surface area contributed by atoms with E-state index in [9.17, 15) is 4.79 Å². The summed E-state index contributed by atoms with van der Waals surface area (Å²) in [6, 6.07) is 21.6. The van der Waals surface area contributed by atoms with Crippen LogP contribution < -0.4 is 5.32 Å². The topological polar surface area (TPSA) is 32.3 Å². The molecule has 3 nitrogen and oxygen atoms in total. The average Bonchev–Trinajstić information content (AvgIpc) is 2.76. The molecule has 3 aromatic rings. The van der Waals surface area contributed by atoms with Crippen LogP contribution in [-0.4, -0.2) is 31.4 Å². The highest BCUT2D eigenvalue weighted by Gasteiger charge is 2.17. The number of anilines is 1. The summed E-state index contributed by atoms with van der Waals surface area (Å²) in [6.45, 7) is 3.20. The van der Waals surface area contributed by atoms with Gasteiger partial charge in [-0.05, 0) is 98.1 Å². The summed E-state index contributed by atoms with van der Waals surface area (Å²) in [7, 11) is 4.22. The van der Waals surface area contributed by atoms with E-state index in [1.54, 1.807) is 0 Å². The van der Waals surface area contributed by atoms with Crippen LogP contribution in [0.15, 0.2) is 72.3 Å². The number of halogens is 1. The van der Waals surface area contributed by atoms with Crippen LogP contribution in [0.5, 0.6) is 0 Å². The Morgan fingerprint density at radius 2 is 1.58 bits per heavy atom. The number of carbonyl (C=O) groups is 1. The van der Waals surface area contributed by atoms with Gasteiger partial charge in [0.15, 0.2) is 0 Å². The predicted octanol–water partition coefficient (Wildman–Crippen LogP) is 6.54. The third-order valence-electron chi connectivity index (χ3n) is 5.83. The maximum Gasteiger partial charge on any atom is 0.255 e. The first kappa shape index (κ1) is 21.4. The third kappa shape index (κ3) is 4.90. The Hall–Kier alpha value is -2.88. The second-order valence-corrected chi connectivity index (χ2v) is 8.81. The van der Waals surface area contributed by atoms with E-state index in [1.807, 2.05) is 54.6 Å². The van der Waals surface area contributed by atoms with Crippen molar-refractivity contribution in [2.24, 2.45) is 0 Å². The van der Waals surface area contributed by atoms with Crippen molar-refractivity contribution in [1.29, 1.82) is 0 Å². The largest absolute Gasteiger partial charge is 0.322 e. The molecule has 0 aromatic heterocycles. The molecule has 158 valence electrons. The van der Waals surface area contributed by atoms with Gasteiger partial charge >= 0.3 is 0 Å². The van der Waals surface area contributed by atoms with Crippen LogP contribution in [0.25, 0.3) is 16.7 Å². The van der Waals surface area contributed by atoms with Crippen molar-refractivity contribution in [1.82, 2.24) is 4.90 Å². The monoisotopic (exact) mass is 430 g/mol. The van der Waals surface area contributed by atoms with Crippen molar-refractivity contribution in [2.45, 2.75) is 19.8 Å². The summed E-state index contributed by atoms with van der Waals surface area (Å²) >= 11 is 5.96. The van der Waals surface area contributed by atoms with E-state index in [2.05, 4.69) is 43.4 Å². The van der Waals surface area contributed by atoms with Gasteiger partial charge in [-0.25, -0.2) is 0 Å². The molecule has 0 fully saturated rings. The molecule has 4 heteroatoms. The SMILES string of the molecule is CC1=C(CN(C)C)CCc2cc(NC(=O)c3ccc(-c4ccc(Cl)cc4)cc3)ccc21. The van der Waals surface area contributed by atoms with Gasteiger partial charge in [-0.1, -0.05) is 47.5 Å². The molecular weight excluding hydrogens is 404 g/mol. The lowest BCUT2D eigenvalue weighted by Gasteiger charge is -2.24. The number of likely N-dealkylation sites (N-methyl/N-ethyl adjacent to an activating group) is 1. The first-order chi connectivity index (χ1) is 14.9. The lowest BCUT2D eigenvalue weighted by molar-refractivity contribution is 0.102. The normalized spacial score (nSPS) is 13.3. The van der Waals surface area contributed by atoms with Gasteiger partial charge in [-0.2, -0.15) is 0 Å². The molecule has 0 saturated carbocycles. The van der Waals surface area contributed by atoms with E-state index < -0.39 is 0 Å². The quantitative estimate of drug-likeness (QED) is 0.498. The van der Waals surface area contributed by atoms with Gasteiger partial charge in [0.25, 0.3) is 5.91 Å². The van der Waals surface area contributed by atoms with Crippen LogP contribution >= 0.6 is 11.6 Å². The number of carbonyl (C=O) groups excluding carboxylic acids is 1. The lowest BCUT2D eigenvalue weighted by atomic mass is 9.86. The van der Waals surface area contributed by atoms with E-state index in [0.717, 1.165) is 36.2 Å². The Kier molecular flexibility index (Phi) is 6.26. The Morgan fingerprint density at radius 1 is 0.935 bits per heavy atom. The first-order valence-electron chi connectivity index (χ1n) is 10.5. The van der Waals surface area contributed by atoms with E-state index in [1.165, 1.54) is 22.3 Å². The molecule has 0 aliphatic heterocycles. The van der Waals surface area contributed by atoms with Crippen molar-refractivity contribution < 1.29 is 4.79 Å². The van der Waals surface area contributed by atoms with Gasteiger partial charge in [-0.15, -0.1) is 0 Å². The highest BCUT2D eigenvalue weighted by Crippen LogP contribution is 2.33. The summed E-state index contributed by atoms with van der Waals surface area (Å²) in [5.74, 6) is -0.0982. The Bertz CT molecular complexity index is 1130. The highest BCUT2D eigenvalue weighted by molar-refractivity contribution is 6.30. The molecule has 0 radical (unpaired) electrons. The van der Waals surface area contributed by atoms with Crippen molar-refractivity contribution >= 4 is 28.8 Å². The maximum atomic E-state index is 12.8. The smallest absolute Gasteiger partial charge is 0.255 e. The second-order valence-electron chi connectivity index (χ2n) is 8.38. The van der Waals surface area contributed by atoms with Crippen LogP contribution in [0.1, 0.15) is 34.8 Å². The number of nitrogens with zero attached hydrogens (tertiary/aromatic N) is 1. The molecule has 0 unspecified atom stereocenters. The molecule has 1 amide bonds. The van der Waals surface area contributed by atoms with E-state index in [4.69, 9.17) is 11.6 Å². The molecule has 31 heavy (non-hydrogen) atoms. The molecular formula is C27H27ClN2O. The number of rotatable bonds is 5. The lowest BCUT2D eigenvalue weighted by Crippen LogP contribution is -2.18. The fourth-order valence-corrected chi connectivity index (χ4v) is 4.27. The molecule has 3 aromatic carbocycles. The average molecular weight is 431 g/mol. The Balaban J connectivity index is 1.48. The Labute approximate surface area is 189 Å². The van der Waals surface area contributed by atoms with Crippen LogP contribution in [0.2, 0.25) is 5.02 Å². The van der Waals surface area contributed by atoms with Crippen molar-refractivity contribution in [3.05, 3.63) is 94.0 Å². The summed E-state index contributed by atoms with van der Waals surface area (Å²) in [5, 5.41) is 3.77. The molecule has 1 aliphatic carbocycles. The van der Waals surface area contributed by atoms with Crippen molar-refractivity contribution in [3.63, 3.8) is 0 Å². The standard InChI is InChI=1S/C27H27ClN2O/c1-18-23(17-30(2)3)9-8-22-16-25(14-15-26(18)22)29-27(31)21-6-4-19(5-7-21)20-10-12-24(28)13-11-20/h4-7,10-16H,8-9,17H2,1-3H3,(H,29,31). The van der Waals surface area contributed by atoms with Crippen LogP contribution in [0, 0.1) is 0 Å². The molecule has 0 atom stereocenters. The number of benzene rings is 3. The zero-order valence-corrected chi connectivity index (χ0v) is 19.0. The zero-order valence-electron chi connectivity index (χ0n) is 18.2. The summed E-state index contributed by atoms with van der Waals surface area (Å²) in [5.41, 5.74) is 9.07. The number of hydrogen-bond donors (Lipinski definition) is 1. The van der Waals surface area contributed by atoms with Crippen LogP contribution in [0.3, 0.4) is 0 Å².